The molecule has 2 aliphatic rings. The molecule has 0 unspecified atom stereocenters. The zero-order chi connectivity index (χ0) is 20.6. The molecule has 7 rings (SSSR count). The molecule has 1 nitrogen and oxygen atoms in total. The summed E-state index contributed by atoms with van der Waals surface area (Å²) in [6.45, 7) is 2.22. The number of hydrogen-bond acceptors (Lipinski definition) is 1. The van der Waals surface area contributed by atoms with Crippen molar-refractivity contribution in [1.29, 1.82) is 0 Å². The Morgan fingerprint density at radius 1 is 0.677 bits per heavy atom. The Kier molecular flexibility index (Phi) is 3.42. The Balaban J connectivity index is 1.48. The molecule has 31 heavy (non-hydrogen) atoms. The summed E-state index contributed by atoms with van der Waals surface area (Å²) in [5.74, 6) is 0. The van der Waals surface area contributed by atoms with Crippen LogP contribution in [0.25, 0.3) is 44.2 Å². The van der Waals surface area contributed by atoms with E-state index in [1.54, 1.807) is 5.56 Å². The molecule has 0 bridgehead atoms. The summed E-state index contributed by atoms with van der Waals surface area (Å²) in [7, 11) is 0. The lowest BCUT2D eigenvalue weighted by Crippen LogP contribution is -2.20. The summed E-state index contributed by atoms with van der Waals surface area (Å²) < 4.78 is 6.35. The van der Waals surface area contributed by atoms with E-state index in [2.05, 4.69) is 79.7 Å². The number of para-hydroxylation sites is 2. The van der Waals surface area contributed by atoms with Gasteiger partial charge in [0.15, 0.2) is 0 Å². The van der Waals surface area contributed by atoms with Gasteiger partial charge in [-0.15, -0.1) is 0 Å². The molecule has 0 aliphatic heterocycles. The fraction of sp³-hybridized carbons (Fsp3) is 0.200. The van der Waals surface area contributed by atoms with Crippen LogP contribution < -0.4 is 0 Å². The van der Waals surface area contributed by atoms with Crippen molar-refractivity contribution in [2.45, 2.75) is 38.0 Å². The predicted octanol–water partition coefficient (Wildman–Crippen LogP) is 8.40. The second-order valence-electron chi connectivity index (χ2n) is 9.38. The molecule has 2 aliphatic carbocycles. The molecular formula is C30H24O. The lowest BCUT2D eigenvalue weighted by atomic mass is 9.76. The molecule has 0 amide bonds. The second kappa shape index (κ2) is 6.11. The quantitative estimate of drug-likeness (QED) is 0.275. The average Bonchev–Trinajstić information content (AvgIpc) is 3.50. The van der Waals surface area contributed by atoms with Gasteiger partial charge in [0.05, 0.1) is 0 Å². The maximum Gasteiger partial charge on any atom is 0.143 e. The first kappa shape index (κ1) is 17.4. The lowest BCUT2D eigenvalue weighted by Gasteiger charge is -2.27. The van der Waals surface area contributed by atoms with Crippen LogP contribution in [0.1, 0.15) is 42.4 Å². The summed E-state index contributed by atoms with van der Waals surface area (Å²) in [5, 5.41) is 2.39. The molecule has 0 saturated heterocycles. The number of aryl methyl sites for hydroxylation is 1. The first-order chi connectivity index (χ1) is 15.2. The van der Waals surface area contributed by atoms with E-state index in [1.165, 1.54) is 69.8 Å². The van der Waals surface area contributed by atoms with Gasteiger partial charge < -0.3 is 4.42 Å². The Morgan fingerprint density at radius 3 is 2.29 bits per heavy atom. The topological polar surface area (TPSA) is 13.1 Å². The van der Waals surface area contributed by atoms with Crippen LogP contribution in [0.15, 0.2) is 83.3 Å². The highest BCUT2D eigenvalue weighted by atomic mass is 16.3. The van der Waals surface area contributed by atoms with Crippen molar-refractivity contribution in [2.75, 3.05) is 0 Å². The van der Waals surface area contributed by atoms with E-state index in [-0.39, 0.29) is 5.41 Å². The maximum absolute atomic E-state index is 6.35. The fourth-order valence-electron chi connectivity index (χ4n) is 6.27. The molecule has 0 radical (unpaired) electrons. The second-order valence-corrected chi connectivity index (χ2v) is 9.38. The van der Waals surface area contributed by atoms with Crippen molar-refractivity contribution in [3.63, 3.8) is 0 Å². The molecule has 1 aromatic heterocycles. The lowest BCUT2D eigenvalue weighted by molar-refractivity contribution is 0.549. The van der Waals surface area contributed by atoms with Crippen LogP contribution in [0.5, 0.6) is 0 Å². The van der Waals surface area contributed by atoms with Crippen LogP contribution in [0, 0.1) is 6.92 Å². The smallest absolute Gasteiger partial charge is 0.143 e. The van der Waals surface area contributed by atoms with Crippen LogP contribution in [-0.4, -0.2) is 0 Å². The molecule has 1 heterocycles. The van der Waals surface area contributed by atoms with E-state index in [1.807, 2.05) is 6.07 Å². The van der Waals surface area contributed by atoms with E-state index >= 15 is 0 Å². The highest BCUT2D eigenvalue weighted by Gasteiger charge is 2.45. The molecule has 1 fully saturated rings. The number of benzene rings is 4. The van der Waals surface area contributed by atoms with Crippen molar-refractivity contribution in [1.82, 2.24) is 0 Å². The Morgan fingerprint density at radius 2 is 1.42 bits per heavy atom. The molecule has 150 valence electrons. The largest absolute Gasteiger partial charge is 0.455 e. The van der Waals surface area contributed by atoms with Crippen molar-refractivity contribution in [2.24, 2.45) is 0 Å². The summed E-state index contributed by atoms with van der Waals surface area (Å²) in [5.41, 5.74) is 11.9. The van der Waals surface area contributed by atoms with E-state index in [9.17, 15) is 0 Å². The minimum Gasteiger partial charge on any atom is -0.455 e. The standard InChI is InChI=1S/C30H24O/c1-19-11-13-22-23-14-12-20(18-27(23)30(26(22)17-19)15-4-5-16-30)21-8-6-9-25-24-7-2-3-10-28(24)31-29(21)25/h2-3,6-14,17-18H,4-5,15-16H2,1H3. The summed E-state index contributed by atoms with van der Waals surface area (Å²) in [4.78, 5) is 0. The molecule has 1 spiro atoms. The highest BCUT2D eigenvalue weighted by molar-refractivity contribution is 6.09. The third-order valence-corrected chi connectivity index (χ3v) is 7.69. The number of furan rings is 1. The molecule has 4 aromatic carbocycles. The van der Waals surface area contributed by atoms with Crippen LogP contribution in [0.3, 0.4) is 0 Å². The van der Waals surface area contributed by atoms with Crippen LogP contribution in [0.2, 0.25) is 0 Å². The third kappa shape index (κ3) is 2.27. The van der Waals surface area contributed by atoms with E-state index in [0.29, 0.717) is 0 Å². The van der Waals surface area contributed by atoms with Crippen LogP contribution in [-0.2, 0) is 5.41 Å². The third-order valence-electron chi connectivity index (χ3n) is 7.69. The molecule has 1 heteroatoms. The molecule has 1 saturated carbocycles. The molecular weight excluding hydrogens is 376 g/mol. The highest BCUT2D eigenvalue weighted by Crippen LogP contribution is 2.57. The van der Waals surface area contributed by atoms with Gasteiger partial charge in [0.25, 0.3) is 0 Å². The van der Waals surface area contributed by atoms with Crippen molar-refractivity contribution < 1.29 is 4.42 Å². The van der Waals surface area contributed by atoms with Gasteiger partial charge in [-0.05, 0) is 59.7 Å². The molecule has 5 aromatic rings. The van der Waals surface area contributed by atoms with E-state index < -0.39 is 0 Å². The van der Waals surface area contributed by atoms with Gasteiger partial charge >= 0.3 is 0 Å². The monoisotopic (exact) mass is 400 g/mol. The maximum atomic E-state index is 6.35. The van der Waals surface area contributed by atoms with Gasteiger partial charge in [-0.25, -0.2) is 0 Å². The first-order valence-electron chi connectivity index (χ1n) is 11.4. The van der Waals surface area contributed by atoms with Gasteiger partial charge in [0.1, 0.15) is 11.2 Å². The van der Waals surface area contributed by atoms with Crippen molar-refractivity contribution in [3.8, 4) is 22.3 Å². The number of hydrogen-bond donors (Lipinski definition) is 0. The fourth-order valence-corrected chi connectivity index (χ4v) is 6.27. The van der Waals surface area contributed by atoms with Gasteiger partial charge in [-0.2, -0.15) is 0 Å². The van der Waals surface area contributed by atoms with Gasteiger partial charge in [-0.1, -0.05) is 85.1 Å². The predicted molar refractivity (Wildman–Crippen MR) is 129 cm³/mol. The Bertz CT molecular complexity index is 1490. The van der Waals surface area contributed by atoms with E-state index in [0.717, 1.165) is 11.2 Å². The zero-order valence-corrected chi connectivity index (χ0v) is 17.7. The normalized spacial score (nSPS) is 16.3. The van der Waals surface area contributed by atoms with E-state index in [4.69, 9.17) is 4.42 Å². The van der Waals surface area contributed by atoms with Crippen LogP contribution >= 0.6 is 0 Å². The summed E-state index contributed by atoms with van der Waals surface area (Å²) in [6.07, 6.45) is 5.15. The Labute approximate surface area is 182 Å². The number of rotatable bonds is 1. The molecule has 0 atom stereocenters. The SMILES string of the molecule is Cc1ccc2c(c1)C1(CCCC1)c1cc(-c3cccc4c3oc3ccccc34)ccc1-2. The summed E-state index contributed by atoms with van der Waals surface area (Å²) in [6, 6.07) is 29.1. The van der Waals surface area contributed by atoms with Gasteiger partial charge in [0.2, 0.25) is 0 Å². The zero-order valence-electron chi connectivity index (χ0n) is 17.7. The minimum atomic E-state index is 0.189. The van der Waals surface area contributed by atoms with Gasteiger partial charge in [0, 0.05) is 21.8 Å². The van der Waals surface area contributed by atoms with Crippen LogP contribution in [0.4, 0.5) is 0 Å². The summed E-state index contributed by atoms with van der Waals surface area (Å²) >= 11 is 0. The minimum absolute atomic E-state index is 0.189. The Hall–Kier alpha value is -3.32. The number of fused-ring (bicyclic) bond motifs is 8. The van der Waals surface area contributed by atoms with Crippen molar-refractivity contribution >= 4 is 21.9 Å². The van der Waals surface area contributed by atoms with Crippen molar-refractivity contribution in [3.05, 3.63) is 95.6 Å². The first-order valence-corrected chi connectivity index (χ1v) is 11.4. The molecule has 0 N–H and O–H groups in total. The van der Waals surface area contributed by atoms with Gasteiger partial charge in [-0.3, -0.25) is 0 Å². The average molecular weight is 401 g/mol.